The number of thiophene rings is 1. The lowest BCUT2D eigenvalue weighted by Gasteiger charge is -2.19. The summed E-state index contributed by atoms with van der Waals surface area (Å²) in [6.45, 7) is 1.76. The van der Waals surface area contributed by atoms with Crippen LogP contribution in [0.25, 0.3) is 11.3 Å². The van der Waals surface area contributed by atoms with Gasteiger partial charge in [0.25, 0.3) is 5.91 Å². The van der Waals surface area contributed by atoms with Crippen molar-refractivity contribution in [1.29, 1.82) is 0 Å². The van der Waals surface area contributed by atoms with E-state index >= 15 is 0 Å². The zero-order chi connectivity index (χ0) is 18.5. The van der Waals surface area contributed by atoms with Crippen molar-refractivity contribution in [3.05, 3.63) is 69.6 Å². The van der Waals surface area contributed by atoms with Crippen LogP contribution in [0.2, 0.25) is 5.02 Å². The topological polar surface area (TPSA) is 37.9 Å². The Hall–Kier alpha value is -2.08. The molecular formula is C20H22ClN2O2S+. The number of halogens is 1. The SMILES string of the molecule is CN(Cc1ccc(-c2ccc(Cl)cc2)o1)C(=O)C[NH+](C)Cc1ccsc1. The molecule has 26 heavy (non-hydrogen) atoms. The Morgan fingerprint density at radius 3 is 2.65 bits per heavy atom. The highest BCUT2D eigenvalue weighted by Gasteiger charge is 2.17. The van der Waals surface area contributed by atoms with Gasteiger partial charge in [0.15, 0.2) is 6.54 Å². The van der Waals surface area contributed by atoms with E-state index in [0.717, 1.165) is 23.6 Å². The third-order valence-corrected chi connectivity index (χ3v) is 5.13. The van der Waals surface area contributed by atoms with Crippen molar-refractivity contribution in [3.63, 3.8) is 0 Å². The molecule has 1 amide bonds. The number of benzene rings is 1. The number of nitrogens with one attached hydrogen (secondary N) is 1. The number of carbonyl (C=O) groups is 1. The van der Waals surface area contributed by atoms with Crippen LogP contribution in [0.4, 0.5) is 0 Å². The molecule has 4 nitrogen and oxygen atoms in total. The van der Waals surface area contributed by atoms with Gasteiger partial charge in [0.1, 0.15) is 18.1 Å². The predicted octanol–water partition coefficient (Wildman–Crippen LogP) is 3.33. The highest BCUT2D eigenvalue weighted by molar-refractivity contribution is 7.07. The van der Waals surface area contributed by atoms with Crippen LogP contribution in [0.5, 0.6) is 0 Å². The largest absolute Gasteiger partial charge is 0.459 e. The molecule has 1 N–H and O–H groups in total. The van der Waals surface area contributed by atoms with Crippen LogP contribution < -0.4 is 4.90 Å². The molecule has 2 heterocycles. The number of furan rings is 1. The maximum absolute atomic E-state index is 12.5. The van der Waals surface area contributed by atoms with Crippen molar-refractivity contribution in [3.8, 4) is 11.3 Å². The van der Waals surface area contributed by atoms with Crippen LogP contribution in [0, 0.1) is 0 Å². The van der Waals surface area contributed by atoms with E-state index in [2.05, 4.69) is 16.8 Å². The number of likely N-dealkylation sites (N-methyl/N-ethyl adjacent to an activating group) is 2. The number of hydrogen-bond donors (Lipinski definition) is 1. The fraction of sp³-hybridized carbons (Fsp3) is 0.250. The first kappa shape index (κ1) is 18.7. The van der Waals surface area contributed by atoms with Crippen molar-refractivity contribution in [2.45, 2.75) is 13.1 Å². The van der Waals surface area contributed by atoms with E-state index < -0.39 is 0 Å². The number of hydrogen-bond acceptors (Lipinski definition) is 3. The summed E-state index contributed by atoms with van der Waals surface area (Å²) in [5.74, 6) is 1.64. The second-order valence-electron chi connectivity index (χ2n) is 6.46. The zero-order valence-electron chi connectivity index (χ0n) is 14.9. The second kappa shape index (κ2) is 8.54. The van der Waals surface area contributed by atoms with Gasteiger partial charge in [0, 0.05) is 23.2 Å². The van der Waals surface area contributed by atoms with Gasteiger partial charge in [-0.25, -0.2) is 0 Å². The van der Waals surface area contributed by atoms with Gasteiger partial charge in [-0.05, 0) is 53.2 Å². The highest BCUT2D eigenvalue weighted by Crippen LogP contribution is 2.24. The van der Waals surface area contributed by atoms with Crippen molar-refractivity contribution in [2.24, 2.45) is 0 Å². The number of rotatable bonds is 7. The van der Waals surface area contributed by atoms with Crippen LogP contribution in [-0.4, -0.2) is 31.4 Å². The molecule has 0 bridgehead atoms. The Morgan fingerprint density at radius 2 is 1.96 bits per heavy atom. The van der Waals surface area contributed by atoms with Crippen molar-refractivity contribution >= 4 is 28.8 Å². The molecule has 0 aliphatic heterocycles. The van der Waals surface area contributed by atoms with E-state index in [9.17, 15) is 4.79 Å². The van der Waals surface area contributed by atoms with E-state index in [4.69, 9.17) is 16.0 Å². The molecule has 0 aliphatic carbocycles. The molecule has 2 aromatic heterocycles. The van der Waals surface area contributed by atoms with Crippen LogP contribution in [-0.2, 0) is 17.9 Å². The molecule has 0 saturated carbocycles. The first-order valence-electron chi connectivity index (χ1n) is 8.42. The highest BCUT2D eigenvalue weighted by atomic mass is 35.5. The molecule has 0 fully saturated rings. The fourth-order valence-electron chi connectivity index (χ4n) is 2.75. The molecule has 0 aliphatic rings. The van der Waals surface area contributed by atoms with Crippen LogP contribution >= 0.6 is 22.9 Å². The molecule has 3 aromatic rings. The molecular weight excluding hydrogens is 368 g/mol. The zero-order valence-corrected chi connectivity index (χ0v) is 16.4. The third-order valence-electron chi connectivity index (χ3n) is 4.15. The summed E-state index contributed by atoms with van der Waals surface area (Å²) in [5, 5.41) is 4.88. The average molecular weight is 390 g/mol. The molecule has 0 saturated heterocycles. The van der Waals surface area contributed by atoms with Gasteiger partial charge < -0.3 is 14.2 Å². The van der Waals surface area contributed by atoms with Gasteiger partial charge in [0.2, 0.25) is 0 Å². The molecule has 136 valence electrons. The molecule has 1 atom stereocenters. The first-order chi connectivity index (χ1) is 12.5. The van der Waals surface area contributed by atoms with E-state index in [1.54, 1.807) is 16.2 Å². The Morgan fingerprint density at radius 1 is 1.19 bits per heavy atom. The molecule has 0 spiro atoms. The Bertz CT molecular complexity index is 843. The molecule has 3 rings (SSSR count). The minimum atomic E-state index is 0.0992. The van der Waals surface area contributed by atoms with Crippen LogP contribution in [0.15, 0.2) is 57.6 Å². The number of carbonyl (C=O) groups excluding carboxylic acids is 1. The van der Waals surface area contributed by atoms with Gasteiger partial charge >= 0.3 is 0 Å². The summed E-state index contributed by atoms with van der Waals surface area (Å²) < 4.78 is 5.88. The van der Waals surface area contributed by atoms with Gasteiger partial charge in [-0.1, -0.05) is 11.6 Å². The van der Waals surface area contributed by atoms with Crippen molar-refractivity contribution in [2.75, 3.05) is 20.6 Å². The maximum Gasteiger partial charge on any atom is 0.277 e. The second-order valence-corrected chi connectivity index (χ2v) is 7.68. The van der Waals surface area contributed by atoms with Gasteiger partial charge in [-0.15, -0.1) is 0 Å². The predicted molar refractivity (Wildman–Crippen MR) is 105 cm³/mol. The minimum Gasteiger partial charge on any atom is -0.459 e. The Balaban J connectivity index is 1.54. The smallest absolute Gasteiger partial charge is 0.277 e. The standard InChI is InChI=1S/C20H21ClN2O2S/c1-22(11-15-9-10-26-14-15)13-20(24)23(2)12-18-7-8-19(25-18)16-3-5-17(21)6-4-16/h3-10,14H,11-13H2,1-2H3/p+1. The lowest BCUT2D eigenvalue weighted by molar-refractivity contribution is -0.885. The summed E-state index contributed by atoms with van der Waals surface area (Å²) in [5.41, 5.74) is 2.23. The molecule has 0 radical (unpaired) electrons. The monoisotopic (exact) mass is 389 g/mol. The number of quaternary nitrogens is 1. The van der Waals surface area contributed by atoms with E-state index in [1.807, 2.05) is 50.5 Å². The lowest BCUT2D eigenvalue weighted by Crippen LogP contribution is -3.08. The van der Waals surface area contributed by atoms with Crippen molar-refractivity contribution < 1.29 is 14.1 Å². The summed E-state index contributed by atoms with van der Waals surface area (Å²) in [4.78, 5) is 15.3. The summed E-state index contributed by atoms with van der Waals surface area (Å²) in [6.07, 6.45) is 0. The average Bonchev–Trinajstić information content (AvgIpc) is 3.27. The fourth-order valence-corrected chi connectivity index (χ4v) is 3.55. The number of nitrogens with zero attached hydrogens (tertiary/aromatic N) is 1. The number of amides is 1. The molecule has 6 heteroatoms. The lowest BCUT2D eigenvalue weighted by atomic mass is 10.2. The van der Waals surface area contributed by atoms with Gasteiger partial charge in [-0.3, -0.25) is 4.79 Å². The normalized spacial score (nSPS) is 12.1. The van der Waals surface area contributed by atoms with Crippen LogP contribution in [0.1, 0.15) is 11.3 Å². The van der Waals surface area contributed by atoms with Gasteiger partial charge in [0.05, 0.1) is 13.6 Å². The quantitative estimate of drug-likeness (QED) is 0.673. The van der Waals surface area contributed by atoms with E-state index in [-0.39, 0.29) is 5.91 Å². The van der Waals surface area contributed by atoms with Gasteiger partial charge in [-0.2, -0.15) is 11.3 Å². The summed E-state index contributed by atoms with van der Waals surface area (Å²) in [6, 6.07) is 13.4. The first-order valence-corrected chi connectivity index (χ1v) is 9.74. The summed E-state index contributed by atoms with van der Waals surface area (Å²) >= 11 is 7.60. The summed E-state index contributed by atoms with van der Waals surface area (Å²) in [7, 11) is 3.85. The molecule has 1 unspecified atom stereocenters. The van der Waals surface area contributed by atoms with Crippen LogP contribution in [0.3, 0.4) is 0 Å². The Labute approximate surface area is 162 Å². The van der Waals surface area contributed by atoms with E-state index in [0.29, 0.717) is 18.1 Å². The maximum atomic E-state index is 12.5. The third kappa shape index (κ3) is 4.97. The molecule has 1 aromatic carbocycles. The Kier molecular flexibility index (Phi) is 6.14. The van der Waals surface area contributed by atoms with E-state index in [1.165, 1.54) is 10.5 Å². The van der Waals surface area contributed by atoms with Crippen molar-refractivity contribution in [1.82, 2.24) is 4.90 Å². The minimum absolute atomic E-state index is 0.0992.